The van der Waals surface area contributed by atoms with E-state index in [-0.39, 0.29) is 0 Å². The molecule has 3 nitrogen and oxygen atoms in total. The number of likely N-dealkylation sites (tertiary alicyclic amines) is 1. The number of fused-ring (bicyclic) bond motifs is 1. The summed E-state index contributed by atoms with van der Waals surface area (Å²) in [7, 11) is 0. The number of carbonyl (C=O) groups is 1. The second-order valence-corrected chi connectivity index (χ2v) is 5.96. The van der Waals surface area contributed by atoms with Crippen molar-refractivity contribution in [3.05, 3.63) is 0 Å². The highest BCUT2D eigenvalue weighted by molar-refractivity contribution is 5.76. The Kier molecular flexibility index (Phi) is 4.43. The number of nitrogens with zero attached hydrogens (tertiary/aromatic N) is 1. The maximum absolute atomic E-state index is 12.0. The monoisotopic (exact) mass is 238 g/mol. The van der Waals surface area contributed by atoms with Gasteiger partial charge in [-0.2, -0.15) is 0 Å². The molecule has 2 unspecified atom stereocenters. The highest BCUT2D eigenvalue weighted by Gasteiger charge is 2.37. The van der Waals surface area contributed by atoms with Crippen LogP contribution in [0.2, 0.25) is 0 Å². The van der Waals surface area contributed by atoms with E-state index in [1.54, 1.807) is 0 Å². The number of amides is 1. The molecule has 1 saturated carbocycles. The van der Waals surface area contributed by atoms with E-state index in [2.05, 4.69) is 24.1 Å². The van der Waals surface area contributed by atoms with Crippen molar-refractivity contribution in [3.63, 3.8) is 0 Å². The van der Waals surface area contributed by atoms with Crippen molar-refractivity contribution in [2.75, 3.05) is 19.6 Å². The molecule has 0 bridgehead atoms. The summed E-state index contributed by atoms with van der Waals surface area (Å²) in [5.74, 6) is 2.03. The van der Waals surface area contributed by atoms with E-state index in [4.69, 9.17) is 0 Å². The third-order valence-corrected chi connectivity index (χ3v) is 4.20. The van der Waals surface area contributed by atoms with Crippen LogP contribution in [-0.4, -0.2) is 36.5 Å². The van der Waals surface area contributed by atoms with Gasteiger partial charge in [0.15, 0.2) is 0 Å². The standard InChI is InChI=1S/C14H26N2O/c1-11(2)15-8-4-7-14(17)16-9-12-5-3-6-13(12)10-16/h11-13,15H,3-10H2,1-2H3. The molecule has 1 amide bonds. The van der Waals surface area contributed by atoms with E-state index in [0.717, 1.165) is 44.3 Å². The van der Waals surface area contributed by atoms with Crippen molar-refractivity contribution >= 4 is 5.91 Å². The summed E-state index contributed by atoms with van der Waals surface area (Å²) in [6, 6.07) is 0.524. The first-order valence-corrected chi connectivity index (χ1v) is 7.18. The Balaban J connectivity index is 1.64. The lowest BCUT2D eigenvalue weighted by Gasteiger charge is -2.17. The summed E-state index contributed by atoms with van der Waals surface area (Å²) in [6.45, 7) is 7.33. The van der Waals surface area contributed by atoms with Crippen molar-refractivity contribution in [1.82, 2.24) is 10.2 Å². The fraction of sp³-hybridized carbons (Fsp3) is 0.929. The Labute approximate surface area is 105 Å². The molecule has 1 N–H and O–H groups in total. The molecular weight excluding hydrogens is 212 g/mol. The molecule has 2 fully saturated rings. The van der Waals surface area contributed by atoms with Crippen LogP contribution in [0, 0.1) is 11.8 Å². The maximum Gasteiger partial charge on any atom is 0.222 e. The van der Waals surface area contributed by atoms with Gasteiger partial charge in [0.2, 0.25) is 5.91 Å². The molecule has 0 spiro atoms. The van der Waals surface area contributed by atoms with Gasteiger partial charge in [0.1, 0.15) is 0 Å². The molecule has 17 heavy (non-hydrogen) atoms. The molecule has 1 aliphatic heterocycles. The van der Waals surface area contributed by atoms with Crippen LogP contribution < -0.4 is 5.32 Å². The van der Waals surface area contributed by atoms with E-state index >= 15 is 0 Å². The topological polar surface area (TPSA) is 32.3 Å². The number of nitrogens with one attached hydrogen (secondary N) is 1. The SMILES string of the molecule is CC(C)NCCCC(=O)N1CC2CCCC2C1. The average Bonchev–Trinajstić information content (AvgIpc) is 2.83. The van der Waals surface area contributed by atoms with Crippen LogP contribution in [0.25, 0.3) is 0 Å². The Morgan fingerprint density at radius 2 is 1.94 bits per heavy atom. The zero-order valence-corrected chi connectivity index (χ0v) is 11.2. The summed E-state index contributed by atoms with van der Waals surface area (Å²) in [6.07, 6.45) is 5.78. The fourth-order valence-electron chi connectivity index (χ4n) is 3.23. The van der Waals surface area contributed by atoms with Gasteiger partial charge < -0.3 is 10.2 Å². The molecule has 1 heterocycles. The van der Waals surface area contributed by atoms with Crippen LogP contribution >= 0.6 is 0 Å². The van der Waals surface area contributed by atoms with Gasteiger partial charge in [-0.15, -0.1) is 0 Å². The van der Waals surface area contributed by atoms with Crippen LogP contribution in [0.5, 0.6) is 0 Å². The Hall–Kier alpha value is -0.570. The largest absolute Gasteiger partial charge is 0.342 e. The quantitative estimate of drug-likeness (QED) is 0.743. The maximum atomic E-state index is 12.0. The molecule has 2 atom stereocenters. The van der Waals surface area contributed by atoms with Crippen LogP contribution in [0.15, 0.2) is 0 Å². The van der Waals surface area contributed by atoms with E-state index in [9.17, 15) is 4.79 Å². The zero-order valence-electron chi connectivity index (χ0n) is 11.2. The number of hydrogen-bond acceptors (Lipinski definition) is 2. The van der Waals surface area contributed by atoms with Crippen LogP contribution in [0.1, 0.15) is 46.0 Å². The van der Waals surface area contributed by atoms with Gasteiger partial charge in [0.05, 0.1) is 0 Å². The van der Waals surface area contributed by atoms with Gasteiger partial charge in [-0.25, -0.2) is 0 Å². The molecule has 0 aromatic carbocycles. The lowest BCUT2D eigenvalue weighted by molar-refractivity contribution is -0.130. The third kappa shape index (κ3) is 3.44. The van der Waals surface area contributed by atoms with Gasteiger partial charge in [0, 0.05) is 25.6 Å². The normalized spacial score (nSPS) is 27.8. The first kappa shape index (κ1) is 12.9. The molecule has 2 aliphatic rings. The molecule has 1 aliphatic carbocycles. The lowest BCUT2D eigenvalue weighted by Crippen LogP contribution is -2.30. The second kappa shape index (κ2) is 5.85. The van der Waals surface area contributed by atoms with Gasteiger partial charge in [0.25, 0.3) is 0 Å². The highest BCUT2D eigenvalue weighted by Crippen LogP contribution is 2.37. The van der Waals surface area contributed by atoms with Crippen LogP contribution in [0.4, 0.5) is 0 Å². The fourth-order valence-corrected chi connectivity index (χ4v) is 3.23. The van der Waals surface area contributed by atoms with Gasteiger partial charge >= 0.3 is 0 Å². The molecule has 0 aromatic heterocycles. The molecule has 0 radical (unpaired) electrons. The Morgan fingerprint density at radius 1 is 1.29 bits per heavy atom. The molecule has 1 saturated heterocycles. The second-order valence-electron chi connectivity index (χ2n) is 5.96. The summed E-state index contributed by atoms with van der Waals surface area (Å²) < 4.78 is 0. The zero-order chi connectivity index (χ0) is 12.3. The minimum Gasteiger partial charge on any atom is -0.342 e. The predicted octanol–water partition coefficient (Wildman–Crippen LogP) is 2.02. The molecule has 98 valence electrons. The van der Waals surface area contributed by atoms with E-state index in [0.29, 0.717) is 11.9 Å². The number of carbonyl (C=O) groups excluding carboxylic acids is 1. The van der Waals surface area contributed by atoms with Crippen molar-refractivity contribution < 1.29 is 4.79 Å². The van der Waals surface area contributed by atoms with Crippen LogP contribution in [-0.2, 0) is 4.79 Å². The first-order chi connectivity index (χ1) is 8.16. The van der Waals surface area contributed by atoms with Crippen LogP contribution in [0.3, 0.4) is 0 Å². The summed E-state index contributed by atoms with van der Waals surface area (Å²) in [4.78, 5) is 14.1. The van der Waals surface area contributed by atoms with E-state index in [1.165, 1.54) is 19.3 Å². The first-order valence-electron chi connectivity index (χ1n) is 7.18. The van der Waals surface area contributed by atoms with Crippen molar-refractivity contribution in [3.8, 4) is 0 Å². The number of rotatable bonds is 5. The minimum atomic E-state index is 0.380. The number of hydrogen-bond donors (Lipinski definition) is 1. The molecule has 0 aromatic rings. The molecular formula is C14H26N2O. The van der Waals surface area contributed by atoms with Gasteiger partial charge in [-0.3, -0.25) is 4.79 Å². The van der Waals surface area contributed by atoms with Crippen molar-refractivity contribution in [1.29, 1.82) is 0 Å². The van der Waals surface area contributed by atoms with Crippen molar-refractivity contribution in [2.45, 2.75) is 52.0 Å². The van der Waals surface area contributed by atoms with E-state index in [1.807, 2.05) is 0 Å². The third-order valence-electron chi connectivity index (χ3n) is 4.20. The smallest absolute Gasteiger partial charge is 0.222 e. The molecule has 3 heteroatoms. The van der Waals surface area contributed by atoms with Crippen molar-refractivity contribution in [2.24, 2.45) is 11.8 Å². The van der Waals surface area contributed by atoms with E-state index < -0.39 is 0 Å². The van der Waals surface area contributed by atoms with Gasteiger partial charge in [-0.05, 0) is 37.6 Å². The highest BCUT2D eigenvalue weighted by atomic mass is 16.2. The predicted molar refractivity (Wildman–Crippen MR) is 69.8 cm³/mol. The lowest BCUT2D eigenvalue weighted by atomic mass is 10.0. The molecule has 2 rings (SSSR count). The average molecular weight is 238 g/mol. The summed E-state index contributed by atoms with van der Waals surface area (Å²) >= 11 is 0. The Bertz CT molecular complexity index is 253. The summed E-state index contributed by atoms with van der Waals surface area (Å²) in [5, 5.41) is 3.36. The van der Waals surface area contributed by atoms with Gasteiger partial charge in [-0.1, -0.05) is 20.3 Å². The summed E-state index contributed by atoms with van der Waals surface area (Å²) in [5.41, 5.74) is 0. The Morgan fingerprint density at radius 3 is 2.53 bits per heavy atom. The minimum absolute atomic E-state index is 0.380.